The molecule has 0 spiro atoms. The third kappa shape index (κ3) is 5.74. The van der Waals surface area contributed by atoms with E-state index in [4.69, 9.17) is 10.5 Å². The molecule has 3 rings (SSSR count). The van der Waals surface area contributed by atoms with Crippen LogP contribution >= 0.6 is 24.0 Å². The lowest BCUT2D eigenvalue weighted by molar-refractivity contribution is 0.251. The van der Waals surface area contributed by atoms with Gasteiger partial charge in [0.05, 0.1) is 19.7 Å². The van der Waals surface area contributed by atoms with Gasteiger partial charge in [-0.05, 0) is 62.4 Å². The molecule has 1 aromatic carbocycles. The number of methoxy groups -OCH3 is 1. The van der Waals surface area contributed by atoms with Gasteiger partial charge in [0.2, 0.25) is 0 Å². The molecule has 0 amide bonds. The zero-order valence-corrected chi connectivity index (χ0v) is 17.4. The van der Waals surface area contributed by atoms with E-state index >= 15 is 0 Å². The van der Waals surface area contributed by atoms with E-state index in [1.54, 1.807) is 7.11 Å². The van der Waals surface area contributed by atoms with E-state index in [0.717, 1.165) is 31.3 Å². The van der Waals surface area contributed by atoms with Crippen LogP contribution < -0.4 is 15.8 Å². The first-order chi connectivity index (χ1) is 11.8. The molecule has 2 aliphatic rings. The van der Waals surface area contributed by atoms with Crippen LogP contribution in [0, 0.1) is 5.92 Å². The molecular weight excluding hydrogens is 427 g/mol. The molecule has 6 heteroatoms. The normalized spacial score (nSPS) is 19.8. The van der Waals surface area contributed by atoms with Gasteiger partial charge in [-0.25, -0.2) is 0 Å². The van der Waals surface area contributed by atoms with Gasteiger partial charge >= 0.3 is 0 Å². The number of guanidine groups is 1. The average molecular weight is 458 g/mol. The van der Waals surface area contributed by atoms with Crippen LogP contribution in [-0.4, -0.2) is 44.1 Å². The van der Waals surface area contributed by atoms with Gasteiger partial charge in [-0.3, -0.25) is 9.89 Å². The molecular formula is C19H31IN4O. The Kier molecular flexibility index (Phi) is 8.29. The molecule has 2 fully saturated rings. The quantitative estimate of drug-likeness (QED) is 0.375. The molecule has 0 bridgehead atoms. The minimum Gasteiger partial charge on any atom is -0.497 e. The monoisotopic (exact) mass is 458 g/mol. The topological polar surface area (TPSA) is 62.9 Å². The number of nitrogens with one attached hydrogen (secondary N) is 1. The smallest absolute Gasteiger partial charge is 0.188 e. The number of nitrogens with two attached hydrogens (primary N) is 1. The highest BCUT2D eigenvalue weighted by Crippen LogP contribution is 2.28. The largest absolute Gasteiger partial charge is 0.497 e. The fraction of sp³-hybridized carbons (Fsp3) is 0.632. The second-order valence-electron chi connectivity index (χ2n) is 6.94. The Bertz CT molecular complexity index is 556. The molecule has 1 aliphatic carbocycles. The second-order valence-corrected chi connectivity index (χ2v) is 6.94. The summed E-state index contributed by atoms with van der Waals surface area (Å²) in [6, 6.07) is 8.60. The third-order valence-corrected chi connectivity index (χ3v) is 5.29. The van der Waals surface area contributed by atoms with E-state index in [9.17, 15) is 0 Å². The van der Waals surface area contributed by atoms with E-state index in [1.807, 2.05) is 6.07 Å². The SMILES string of the molecule is COc1cccc(C(CN=C(N)NCC2CCC2)N2CCCC2)c1.I. The number of hydrogen-bond acceptors (Lipinski definition) is 3. The van der Waals surface area contributed by atoms with Crippen molar-refractivity contribution in [2.75, 3.05) is 33.3 Å². The molecule has 25 heavy (non-hydrogen) atoms. The van der Waals surface area contributed by atoms with Crippen molar-refractivity contribution in [3.8, 4) is 5.75 Å². The van der Waals surface area contributed by atoms with Gasteiger partial charge in [0.15, 0.2) is 5.96 Å². The minimum absolute atomic E-state index is 0. The minimum atomic E-state index is 0. The van der Waals surface area contributed by atoms with Crippen LogP contribution in [0.2, 0.25) is 0 Å². The number of ether oxygens (including phenoxy) is 1. The molecule has 5 nitrogen and oxygen atoms in total. The first kappa shape index (κ1) is 20.3. The predicted molar refractivity (Wildman–Crippen MR) is 114 cm³/mol. The van der Waals surface area contributed by atoms with E-state index < -0.39 is 0 Å². The lowest BCUT2D eigenvalue weighted by Gasteiger charge is -2.27. The number of nitrogens with zero attached hydrogens (tertiary/aromatic N) is 2. The van der Waals surface area contributed by atoms with Crippen molar-refractivity contribution in [1.29, 1.82) is 0 Å². The van der Waals surface area contributed by atoms with Crippen LogP contribution in [0.25, 0.3) is 0 Å². The van der Waals surface area contributed by atoms with Gasteiger partial charge in [-0.15, -0.1) is 24.0 Å². The summed E-state index contributed by atoms with van der Waals surface area (Å²) >= 11 is 0. The molecule has 1 saturated heterocycles. The Morgan fingerprint density at radius 1 is 1.32 bits per heavy atom. The van der Waals surface area contributed by atoms with Crippen molar-refractivity contribution in [3.05, 3.63) is 29.8 Å². The standard InChI is InChI=1S/C19H30N4O.HI/c1-24-17-9-5-8-16(12-17)18(23-10-2-3-11-23)14-22-19(20)21-13-15-6-4-7-15;/h5,8-9,12,15,18H,2-4,6-7,10-11,13-14H2,1H3,(H3,20,21,22);1H. The van der Waals surface area contributed by atoms with Gasteiger partial charge in [-0.1, -0.05) is 18.6 Å². The van der Waals surface area contributed by atoms with E-state index in [2.05, 4.69) is 33.4 Å². The average Bonchev–Trinajstić information content (AvgIpc) is 3.08. The first-order valence-electron chi connectivity index (χ1n) is 9.18. The zero-order valence-electron chi connectivity index (χ0n) is 15.1. The lowest BCUT2D eigenvalue weighted by Crippen LogP contribution is -2.38. The summed E-state index contributed by atoms with van der Waals surface area (Å²) in [6.45, 7) is 3.92. The van der Waals surface area contributed by atoms with Gasteiger partial charge in [0.25, 0.3) is 0 Å². The van der Waals surface area contributed by atoms with Gasteiger partial charge in [0.1, 0.15) is 5.75 Å². The number of halogens is 1. The van der Waals surface area contributed by atoms with Crippen molar-refractivity contribution in [1.82, 2.24) is 10.2 Å². The Labute approximate surface area is 168 Å². The summed E-state index contributed by atoms with van der Waals surface area (Å²) in [5.74, 6) is 2.26. The maximum Gasteiger partial charge on any atom is 0.188 e. The van der Waals surface area contributed by atoms with Crippen molar-refractivity contribution < 1.29 is 4.74 Å². The number of benzene rings is 1. The van der Waals surface area contributed by atoms with Crippen LogP contribution in [0.4, 0.5) is 0 Å². The van der Waals surface area contributed by atoms with Crippen LogP contribution in [0.5, 0.6) is 5.75 Å². The summed E-state index contributed by atoms with van der Waals surface area (Å²) in [6.07, 6.45) is 6.52. The number of likely N-dealkylation sites (tertiary alicyclic amines) is 1. The number of aliphatic imine (C=N–C) groups is 1. The van der Waals surface area contributed by atoms with E-state index in [1.165, 1.54) is 37.7 Å². The molecule has 1 aromatic rings. The van der Waals surface area contributed by atoms with Crippen LogP contribution in [0.3, 0.4) is 0 Å². The lowest BCUT2D eigenvalue weighted by atomic mass is 9.85. The molecule has 1 unspecified atom stereocenters. The third-order valence-electron chi connectivity index (χ3n) is 5.29. The zero-order chi connectivity index (χ0) is 16.8. The van der Waals surface area contributed by atoms with Crippen molar-refractivity contribution in [3.63, 3.8) is 0 Å². The molecule has 1 atom stereocenters. The summed E-state index contributed by atoms with van der Waals surface area (Å²) in [5, 5.41) is 3.29. The Morgan fingerprint density at radius 2 is 2.08 bits per heavy atom. The molecule has 1 heterocycles. The number of hydrogen-bond donors (Lipinski definition) is 2. The Balaban J connectivity index is 0.00000225. The first-order valence-corrected chi connectivity index (χ1v) is 9.18. The van der Waals surface area contributed by atoms with Crippen LogP contribution in [0.1, 0.15) is 43.7 Å². The van der Waals surface area contributed by atoms with E-state index in [0.29, 0.717) is 12.5 Å². The van der Waals surface area contributed by atoms with Crippen molar-refractivity contribution in [2.24, 2.45) is 16.6 Å². The van der Waals surface area contributed by atoms with Gasteiger partial charge < -0.3 is 15.8 Å². The molecule has 3 N–H and O–H groups in total. The maximum absolute atomic E-state index is 6.08. The predicted octanol–water partition coefficient (Wildman–Crippen LogP) is 3.15. The highest BCUT2D eigenvalue weighted by molar-refractivity contribution is 14.0. The summed E-state index contributed by atoms with van der Waals surface area (Å²) in [4.78, 5) is 7.14. The van der Waals surface area contributed by atoms with Crippen molar-refractivity contribution >= 4 is 29.9 Å². The highest BCUT2D eigenvalue weighted by Gasteiger charge is 2.24. The Hall–Kier alpha value is -1.02. The molecule has 1 saturated carbocycles. The fourth-order valence-electron chi connectivity index (χ4n) is 3.52. The Morgan fingerprint density at radius 3 is 2.72 bits per heavy atom. The van der Waals surface area contributed by atoms with E-state index in [-0.39, 0.29) is 30.0 Å². The van der Waals surface area contributed by atoms with Gasteiger partial charge in [-0.2, -0.15) is 0 Å². The summed E-state index contributed by atoms with van der Waals surface area (Å²) in [5.41, 5.74) is 7.33. The molecule has 1 aliphatic heterocycles. The molecule has 0 radical (unpaired) electrons. The molecule has 0 aromatic heterocycles. The fourth-order valence-corrected chi connectivity index (χ4v) is 3.52. The van der Waals surface area contributed by atoms with Gasteiger partial charge in [0, 0.05) is 6.54 Å². The van der Waals surface area contributed by atoms with Crippen molar-refractivity contribution in [2.45, 2.75) is 38.1 Å². The van der Waals surface area contributed by atoms with Crippen LogP contribution in [-0.2, 0) is 0 Å². The maximum atomic E-state index is 6.08. The highest BCUT2D eigenvalue weighted by atomic mass is 127. The summed E-state index contributed by atoms with van der Waals surface area (Å²) < 4.78 is 5.39. The van der Waals surface area contributed by atoms with Crippen LogP contribution in [0.15, 0.2) is 29.3 Å². The number of rotatable bonds is 7. The second kappa shape index (κ2) is 10.2. The molecule has 140 valence electrons. The summed E-state index contributed by atoms with van der Waals surface area (Å²) in [7, 11) is 1.71.